The molecule has 0 spiro atoms. The number of nitrogens with zero attached hydrogens (tertiary/aromatic N) is 1. The van der Waals surface area contributed by atoms with Crippen LogP contribution in [0.3, 0.4) is 0 Å². The van der Waals surface area contributed by atoms with Gasteiger partial charge >= 0.3 is 5.97 Å². The first-order valence-corrected chi connectivity index (χ1v) is 13.9. The average Bonchev–Trinajstić information content (AvgIpc) is 2.92. The summed E-state index contributed by atoms with van der Waals surface area (Å²) in [6.07, 6.45) is 0.318. The number of carbonyl (C=O) groups is 3. The van der Waals surface area contributed by atoms with Crippen LogP contribution in [0.15, 0.2) is 39.6 Å². The second kappa shape index (κ2) is 10.3. The predicted molar refractivity (Wildman–Crippen MR) is 157 cm³/mol. The van der Waals surface area contributed by atoms with Crippen molar-refractivity contribution in [2.75, 3.05) is 14.1 Å². The van der Waals surface area contributed by atoms with Gasteiger partial charge in [-0.05, 0) is 78.4 Å². The van der Waals surface area contributed by atoms with E-state index in [1.807, 2.05) is 25.9 Å². The lowest BCUT2D eigenvalue weighted by Crippen LogP contribution is -2.61. The molecule has 2 aliphatic rings. The van der Waals surface area contributed by atoms with E-state index in [1.54, 1.807) is 39.8 Å². The Morgan fingerprint density at radius 1 is 1.10 bits per heavy atom. The Hall–Kier alpha value is -4.08. The van der Waals surface area contributed by atoms with Crippen LogP contribution in [-0.4, -0.2) is 59.4 Å². The molecule has 9 nitrogen and oxygen atoms in total. The number of allylic oxidation sites excluding steroid dienone is 2. The summed E-state index contributed by atoms with van der Waals surface area (Å²) >= 11 is 0. The third-order valence-electron chi connectivity index (χ3n) is 8.85. The third-order valence-corrected chi connectivity index (χ3v) is 8.85. The number of phenols is 1. The molecule has 42 heavy (non-hydrogen) atoms. The summed E-state index contributed by atoms with van der Waals surface area (Å²) in [6.45, 7) is 10.4. The first kappa shape index (κ1) is 29.4. The van der Waals surface area contributed by atoms with Gasteiger partial charge in [0.25, 0.3) is 0 Å². The van der Waals surface area contributed by atoms with E-state index in [9.17, 15) is 24.3 Å². The molecule has 1 fully saturated rings. The van der Waals surface area contributed by atoms with Crippen molar-refractivity contribution < 1.29 is 33.4 Å². The van der Waals surface area contributed by atoms with Crippen LogP contribution in [0.25, 0.3) is 16.5 Å². The van der Waals surface area contributed by atoms with E-state index in [4.69, 9.17) is 13.9 Å². The van der Waals surface area contributed by atoms with Crippen LogP contribution in [0.2, 0.25) is 0 Å². The minimum absolute atomic E-state index is 0.0226. The van der Waals surface area contributed by atoms with Crippen LogP contribution in [0.5, 0.6) is 5.75 Å². The molecule has 2 heterocycles. The Labute approximate surface area is 243 Å². The summed E-state index contributed by atoms with van der Waals surface area (Å²) in [7, 11) is 3.75. The van der Waals surface area contributed by atoms with Crippen LogP contribution in [0.4, 0.5) is 0 Å². The van der Waals surface area contributed by atoms with Gasteiger partial charge < -0.3 is 23.9 Å². The largest absolute Gasteiger partial charge is 0.507 e. The maximum atomic E-state index is 14.2. The minimum Gasteiger partial charge on any atom is -0.507 e. The highest BCUT2D eigenvalue weighted by Gasteiger charge is 2.50. The number of hydrogen-bond acceptors (Lipinski definition) is 9. The van der Waals surface area contributed by atoms with Crippen molar-refractivity contribution >= 4 is 34.1 Å². The molecule has 0 saturated carbocycles. The summed E-state index contributed by atoms with van der Waals surface area (Å²) in [5.41, 5.74) is 0.560. The highest BCUT2D eigenvalue weighted by Crippen LogP contribution is 2.46. The van der Waals surface area contributed by atoms with Crippen molar-refractivity contribution in [2.24, 2.45) is 0 Å². The number of hydrogen-bond donors (Lipinski definition) is 1. The molecule has 0 amide bonds. The molecule has 0 radical (unpaired) electrons. The van der Waals surface area contributed by atoms with Gasteiger partial charge in [0.1, 0.15) is 17.6 Å². The molecule has 0 unspecified atom stereocenters. The second-order valence-corrected chi connectivity index (χ2v) is 11.7. The van der Waals surface area contributed by atoms with Gasteiger partial charge in [0, 0.05) is 29.7 Å². The molecule has 1 N–H and O–H groups in total. The molecule has 2 aromatic carbocycles. The number of carbonyl (C=O) groups excluding carboxylic acids is 3. The number of benzene rings is 2. The van der Waals surface area contributed by atoms with E-state index in [1.165, 1.54) is 25.1 Å². The number of fused-ring (bicyclic) bond motifs is 4. The zero-order valence-corrected chi connectivity index (χ0v) is 25.1. The number of phenolic OH excluding ortho intramolecular Hbond substituents is 1. The van der Waals surface area contributed by atoms with Gasteiger partial charge in [-0.2, -0.15) is 0 Å². The maximum Gasteiger partial charge on any atom is 0.303 e. The number of aryl methyl sites for hydroxylation is 1. The number of esters is 1. The van der Waals surface area contributed by atoms with E-state index in [-0.39, 0.29) is 44.4 Å². The van der Waals surface area contributed by atoms with Crippen molar-refractivity contribution in [3.8, 4) is 5.75 Å². The normalized spacial score (nSPS) is 24.1. The lowest BCUT2D eigenvalue weighted by molar-refractivity contribution is -0.201. The number of aromatic hydroxyl groups is 1. The van der Waals surface area contributed by atoms with Crippen LogP contribution in [-0.2, 0) is 14.3 Å². The zero-order chi connectivity index (χ0) is 30.8. The molecular formula is C33H35NO8. The van der Waals surface area contributed by atoms with E-state index in [0.717, 1.165) is 0 Å². The second-order valence-electron chi connectivity index (χ2n) is 11.7. The SMILES string of the molecule is C/C=C(/C)c1cc(=O)c2c(C)cc3c(c2o1)C(=O)c1c(ccc([C@H]2C[C@@](C)(N(C)C)[C@@H](OC(C)=O)[C@H](C)O2)c1O)C3=O. The highest BCUT2D eigenvalue weighted by atomic mass is 16.6. The summed E-state index contributed by atoms with van der Waals surface area (Å²) in [6, 6.07) is 6.05. The minimum atomic E-state index is -0.676. The maximum absolute atomic E-state index is 14.2. The first-order chi connectivity index (χ1) is 19.7. The van der Waals surface area contributed by atoms with Gasteiger partial charge in [0.15, 0.2) is 16.8 Å². The quantitative estimate of drug-likeness (QED) is 0.332. The van der Waals surface area contributed by atoms with Crippen LogP contribution in [0.1, 0.15) is 95.9 Å². The lowest BCUT2D eigenvalue weighted by atomic mass is 9.77. The number of likely N-dealkylation sites (N-methyl/N-ethyl adjacent to an activating group) is 1. The Bertz CT molecular complexity index is 1760. The molecule has 1 saturated heterocycles. The number of ketones is 2. The first-order valence-electron chi connectivity index (χ1n) is 13.9. The molecule has 3 aromatic rings. The fourth-order valence-electron chi connectivity index (χ4n) is 6.22. The Kier molecular flexibility index (Phi) is 7.23. The van der Waals surface area contributed by atoms with Gasteiger partial charge in [-0.3, -0.25) is 19.2 Å². The average molecular weight is 574 g/mol. The van der Waals surface area contributed by atoms with Crippen LogP contribution < -0.4 is 5.43 Å². The van der Waals surface area contributed by atoms with E-state index < -0.39 is 41.4 Å². The number of rotatable bonds is 4. The lowest BCUT2D eigenvalue weighted by Gasteiger charge is -2.50. The Morgan fingerprint density at radius 3 is 2.40 bits per heavy atom. The molecule has 1 aromatic heterocycles. The third kappa shape index (κ3) is 4.39. The van der Waals surface area contributed by atoms with Gasteiger partial charge in [0.05, 0.1) is 34.3 Å². The van der Waals surface area contributed by atoms with E-state index >= 15 is 0 Å². The van der Waals surface area contributed by atoms with Crippen LogP contribution in [0, 0.1) is 6.92 Å². The highest BCUT2D eigenvalue weighted by molar-refractivity contribution is 6.32. The smallest absolute Gasteiger partial charge is 0.303 e. The molecule has 220 valence electrons. The molecule has 5 rings (SSSR count). The Balaban J connectivity index is 1.68. The van der Waals surface area contributed by atoms with Crippen molar-refractivity contribution in [2.45, 2.75) is 71.8 Å². The fraction of sp³-hybridized carbons (Fsp3) is 0.394. The summed E-state index contributed by atoms with van der Waals surface area (Å²) in [4.78, 5) is 54.9. The molecular weight excluding hydrogens is 538 g/mol. The molecule has 4 atom stereocenters. The van der Waals surface area contributed by atoms with Crippen molar-refractivity contribution in [3.63, 3.8) is 0 Å². The van der Waals surface area contributed by atoms with Gasteiger partial charge in [-0.15, -0.1) is 0 Å². The molecule has 0 bridgehead atoms. The molecule has 1 aliphatic carbocycles. The Morgan fingerprint density at radius 2 is 1.79 bits per heavy atom. The standard InChI is InChI=1S/C33H35NO8/c1-9-15(2)23-13-22(36)25-16(3)12-21-27(31(25)42-23)30(39)26-20(28(21)37)11-10-19(29(26)38)24-14-33(6,34(7)8)32(17(4)40-24)41-18(5)35/h9-13,17,24,32,38H,14H2,1-8H3/b15-9-/t17-,24+,32-,33+/m0/s1. The fourth-order valence-corrected chi connectivity index (χ4v) is 6.22. The van der Waals surface area contributed by atoms with Crippen molar-refractivity contribution in [1.82, 2.24) is 4.90 Å². The predicted octanol–water partition coefficient (Wildman–Crippen LogP) is 5.11. The summed E-state index contributed by atoms with van der Waals surface area (Å²) in [5.74, 6) is -1.56. The van der Waals surface area contributed by atoms with Crippen molar-refractivity contribution in [3.05, 3.63) is 79.7 Å². The van der Waals surface area contributed by atoms with Crippen LogP contribution >= 0.6 is 0 Å². The van der Waals surface area contributed by atoms with E-state index in [0.29, 0.717) is 28.9 Å². The van der Waals surface area contributed by atoms with Gasteiger partial charge in [-0.1, -0.05) is 12.1 Å². The molecule has 1 aliphatic heterocycles. The van der Waals surface area contributed by atoms with Crippen molar-refractivity contribution in [1.29, 1.82) is 0 Å². The topological polar surface area (TPSA) is 123 Å². The zero-order valence-electron chi connectivity index (χ0n) is 25.1. The van der Waals surface area contributed by atoms with E-state index in [2.05, 4.69) is 0 Å². The van der Waals surface area contributed by atoms with Gasteiger partial charge in [0.2, 0.25) is 5.78 Å². The molecule has 9 heteroatoms. The summed E-state index contributed by atoms with van der Waals surface area (Å²) in [5, 5.41) is 11.8. The van der Waals surface area contributed by atoms with Gasteiger partial charge in [-0.25, -0.2) is 0 Å². The summed E-state index contributed by atoms with van der Waals surface area (Å²) < 4.78 is 18.0. The number of ether oxygens (including phenoxy) is 2. The monoisotopic (exact) mass is 573 g/mol.